The third-order valence-electron chi connectivity index (χ3n) is 9.68. The maximum absolute atomic E-state index is 12.6. The molecule has 0 aliphatic carbocycles. The molecule has 0 saturated carbocycles. The molecule has 0 saturated heterocycles. The predicted octanol–water partition coefficient (Wildman–Crippen LogP) is 6.24. The molecule has 5 amide bonds. The van der Waals surface area contributed by atoms with Crippen LogP contribution < -0.4 is 53.8 Å². The zero-order chi connectivity index (χ0) is 69.5. The van der Waals surface area contributed by atoms with Crippen LogP contribution in [0.25, 0.3) is 0 Å². The Balaban J connectivity index is 0.000000336. The van der Waals surface area contributed by atoms with Gasteiger partial charge in [0.05, 0.1) is 72.4 Å². The second kappa shape index (κ2) is 34.2. The molecule has 0 aliphatic rings. The third kappa shape index (κ3) is 25.4. The summed E-state index contributed by atoms with van der Waals surface area (Å²) in [5.41, 5.74) is -1.98. The topological polar surface area (TPSA) is 478 Å². The van der Waals surface area contributed by atoms with E-state index in [-0.39, 0.29) is 57.8 Å². The number of amides is 5. The molecule has 0 fully saturated rings. The number of nitrogens with one attached hydrogen (secondary N) is 5. The summed E-state index contributed by atoms with van der Waals surface area (Å²) in [4.78, 5) is 102. The standard InChI is InChI=1S/C15H11ClF3NO4.C15H18N6O6S.C14H10F4N4O7S.C3H8NO5P/c1-2-23-14-8-10(4-5-12(14)20(21)22)24-13-6-3-9(7-11(13)16)15(17,18)19;1-21(2)13(22)9-6-5-7-16-12(9)28(24,25)20-15(23)19-14-17-10(26-3)8-11(18-14)27-4;15-11(16)28-8-5-9(29-12(17)18)20-13(19-8)21-14(25)22-30(26,27)7-4-2-1-3-6(7)10(23)24;5-3(6)1-4-2-10(7,8)9/h3-8H,2H2,1H3;5-8H,1-4H3,(H2,17,18,19,20,23);1-5,11-12H,(H,23,24)(H2,19,20,21,22,25);4H,1-2H2,(H,5,6)(H2,7,8,9). The minimum absolute atomic E-state index is 0.0111. The lowest BCUT2D eigenvalue weighted by Gasteiger charge is -2.14. The van der Waals surface area contributed by atoms with Crippen molar-refractivity contribution in [3.8, 4) is 40.8 Å². The molecule has 0 bridgehead atoms. The number of carboxylic acids is 2. The molecule has 0 aliphatic heterocycles. The van der Waals surface area contributed by atoms with Gasteiger partial charge in [-0.15, -0.1) is 0 Å². The highest BCUT2D eigenvalue weighted by atomic mass is 35.5. The zero-order valence-electron chi connectivity index (χ0n) is 47.0. The number of aromatic nitrogens is 5. The highest BCUT2D eigenvalue weighted by Gasteiger charge is 2.32. The van der Waals surface area contributed by atoms with Crippen LogP contribution in [0, 0.1) is 10.1 Å². The van der Waals surface area contributed by atoms with Gasteiger partial charge >= 0.3 is 56.7 Å². The van der Waals surface area contributed by atoms with E-state index < -0.39 is 133 Å². The van der Waals surface area contributed by atoms with Gasteiger partial charge in [0.25, 0.3) is 26.0 Å². The number of aromatic carboxylic acids is 1. The second-order valence-electron chi connectivity index (χ2n) is 16.6. The maximum atomic E-state index is 12.6. The predicted molar refractivity (Wildman–Crippen MR) is 298 cm³/mol. The number of anilines is 2. The number of hydrogen-bond acceptors (Lipinski definition) is 24. The van der Waals surface area contributed by atoms with Crippen LogP contribution in [0.2, 0.25) is 5.02 Å². The summed E-state index contributed by atoms with van der Waals surface area (Å²) in [5.74, 6) is -6.14. The summed E-state index contributed by atoms with van der Waals surface area (Å²) < 4.78 is 178. The Labute approximate surface area is 517 Å². The number of nitro groups is 1. The van der Waals surface area contributed by atoms with Gasteiger partial charge in [-0.2, -0.15) is 59.1 Å². The number of halogens is 8. The van der Waals surface area contributed by atoms with E-state index in [4.69, 9.17) is 50.5 Å². The van der Waals surface area contributed by atoms with Crippen molar-refractivity contribution in [1.29, 1.82) is 0 Å². The molecule has 3 heterocycles. The molecule has 6 aromatic rings. The Morgan fingerprint density at radius 1 is 0.739 bits per heavy atom. The average molecular weight is 1400 g/mol. The molecule has 0 radical (unpaired) electrons. The fraction of sp³-hybridized carbons (Fsp3) is 0.234. The van der Waals surface area contributed by atoms with E-state index in [1.807, 2.05) is 0 Å². The van der Waals surface area contributed by atoms with Crippen molar-refractivity contribution in [3.63, 3.8) is 0 Å². The molecule has 9 N–H and O–H groups in total. The molecule has 3 aromatic heterocycles. The number of urea groups is 2. The Bertz CT molecular complexity index is 3850. The normalized spacial score (nSPS) is 11.1. The number of hydrogen-bond donors (Lipinski definition) is 9. The quantitative estimate of drug-likeness (QED) is 0.0148. The average Bonchev–Trinajstić information content (AvgIpc) is 0.837. The minimum atomic E-state index is -4.71. The van der Waals surface area contributed by atoms with E-state index in [0.29, 0.717) is 6.07 Å². The lowest BCUT2D eigenvalue weighted by Crippen LogP contribution is -2.36. The molecule has 0 spiro atoms. The van der Waals surface area contributed by atoms with Gasteiger partial charge in [-0.25, -0.2) is 37.2 Å². The molecular formula is C47H47ClF7N12O22PS2. The molecule has 3 aromatic carbocycles. The molecule has 500 valence electrons. The summed E-state index contributed by atoms with van der Waals surface area (Å²) >= 11 is 5.80. The summed E-state index contributed by atoms with van der Waals surface area (Å²) in [5, 5.41) is 33.0. The number of carbonyl (C=O) groups is 5. The fourth-order valence-corrected chi connectivity index (χ4v) is 8.86. The Hall–Kier alpha value is -10.1. The van der Waals surface area contributed by atoms with Crippen molar-refractivity contribution in [2.45, 2.75) is 36.2 Å². The number of carboxylic acid groups (broad SMARTS) is 2. The fourth-order valence-electron chi connectivity index (χ4n) is 6.10. The molecule has 0 atom stereocenters. The van der Waals surface area contributed by atoms with Gasteiger partial charge in [-0.1, -0.05) is 23.7 Å². The van der Waals surface area contributed by atoms with Gasteiger partial charge in [-0.05, 0) is 55.5 Å². The van der Waals surface area contributed by atoms with Crippen molar-refractivity contribution >= 4 is 86.7 Å². The second-order valence-corrected chi connectivity index (χ2v) is 21.9. The number of benzene rings is 3. The number of methoxy groups -OCH3 is 2. The molecule has 6 rings (SSSR count). The van der Waals surface area contributed by atoms with E-state index in [1.54, 1.807) is 17.0 Å². The van der Waals surface area contributed by atoms with Gasteiger partial charge < -0.3 is 53.3 Å². The van der Waals surface area contributed by atoms with E-state index in [9.17, 15) is 86.2 Å². The monoisotopic (exact) mass is 1390 g/mol. The molecule has 92 heavy (non-hydrogen) atoms. The number of ether oxygens (including phenoxy) is 6. The first kappa shape index (κ1) is 76.2. The molecule has 45 heteroatoms. The molecule has 0 unspecified atom stereocenters. The largest absolute Gasteiger partial charge is 0.487 e. The first-order valence-corrected chi connectivity index (χ1v) is 29.3. The zero-order valence-corrected chi connectivity index (χ0v) is 50.3. The maximum Gasteiger partial charge on any atom is 0.416 e. The Morgan fingerprint density at radius 2 is 1.26 bits per heavy atom. The van der Waals surface area contributed by atoms with Gasteiger partial charge in [-0.3, -0.25) is 40.2 Å². The number of sulfonamides is 2. The number of aliphatic carboxylic acids is 1. The third-order valence-corrected chi connectivity index (χ3v) is 13.3. The van der Waals surface area contributed by atoms with E-state index in [2.05, 4.69) is 45.0 Å². The highest BCUT2D eigenvalue weighted by molar-refractivity contribution is 7.90. The number of rotatable bonds is 23. The Kier molecular flexibility index (Phi) is 28.3. The van der Waals surface area contributed by atoms with Crippen LogP contribution in [0.5, 0.6) is 40.8 Å². The van der Waals surface area contributed by atoms with E-state index in [1.165, 1.54) is 92.7 Å². The minimum Gasteiger partial charge on any atom is -0.487 e. The van der Waals surface area contributed by atoms with Crippen molar-refractivity contribution in [1.82, 2.24) is 44.6 Å². The van der Waals surface area contributed by atoms with Gasteiger partial charge in [0.2, 0.25) is 41.2 Å². The SMILES string of the molecule is CCOc1cc(Oc2ccc(C(F)(F)F)cc2Cl)ccc1[N+](=O)[O-].COc1cc(OC)nc(NC(=O)NS(=O)(=O)c2ncccc2C(=O)N(C)C)n1.O=C(Nc1nc(OC(F)F)cc(OC(F)F)n1)NS(=O)(=O)c1ccccc1C(=O)O.O=C(O)CNCP(=O)(O)O. The highest BCUT2D eigenvalue weighted by Crippen LogP contribution is 2.39. The number of carbonyl (C=O) groups excluding carboxylic acids is 3. The van der Waals surface area contributed by atoms with Crippen LogP contribution in [0.3, 0.4) is 0 Å². The summed E-state index contributed by atoms with van der Waals surface area (Å²) in [6, 6.07) is 12.5. The van der Waals surface area contributed by atoms with Crippen LogP contribution >= 0.6 is 19.2 Å². The van der Waals surface area contributed by atoms with Crippen molar-refractivity contribution in [2.75, 3.05) is 58.4 Å². The number of alkyl halides is 7. The van der Waals surface area contributed by atoms with Gasteiger partial charge in [0.1, 0.15) is 16.4 Å². The van der Waals surface area contributed by atoms with E-state index in [0.717, 1.165) is 30.3 Å². The van der Waals surface area contributed by atoms with E-state index >= 15 is 0 Å². The summed E-state index contributed by atoms with van der Waals surface area (Å²) in [6.45, 7) is -5.40. The van der Waals surface area contributed by atoms with Crippen molar-refractivity contribution < 1.29 is 129 Å². The first-order chi connectivity index (χ1) is 42.8. The van der Waals surface area contributed by atoms with Crippen molar-refractivity contribution in [3.05, 3.63) is 123 Å². The Morgan fingerprint density at radius 3 is 1.73 bits per heavy atom. The number of nitro benzene ring substituents is 1. The van der Waals surface area contributed by atoms with Crippen LogP contribution in [0.15, 0.2) is 101 Å². The number of pyridine rings is 1. The number of nitrogens with zero attached hydrogens (tertiary/aromatic N) is 7. The van der Waals surface area contributed by atoms with Gasteiger partial charge in [0, 0.05) is 32.4 Å². The van der Waals surface area contributed by atoms with Crippen molar-refractivity contribution in [2.24, 2.45) is 0 Å². The van der Waals surface area contributed by atoms with Gasteiger partial charge in [0.15, 0.2) is 5.03 Å². The smallest absolute Gasteiger partial charge is 0.416 e. The van der Waals surface area contributed by atoms with Crippen LogP contribution in [-0.4, -0.2) is 162 Å². The summed E-state index contributed by atoms with van der Waals surface area (Å²) in [6.07, 6.45) is -3.92. The van der Waals surface area contributed by atoms with Crippen LogP contribution in [0.4, 0.5) is 57.9 Å². The lowest BCUT2D eigenvalue weighted by molar-refractivity contribution is -0.385. The lowest BCUT2D eigenvalue weighted by atomic mass is 10.2. The molecular weight excluding hydrogens is 1350 g/mol. The van der Waals surface area contributed by atoms with Crippen LogP contribution in [0.1, 0.15) is 33.2 Å². The summed E-state index contributed by atoms with van der Waals surface area (Å²) in [7, 11) is -7.66. The first-order valence-electron chi connectivity index (χ1n) is 24.1. The van der Waals surface area contributed by atoms with Crippen LogP contribution in [-0.2, 0) is 35.6 Å². The molecule has 34 nitrogen and oxygen atoms in total.